The lowest BCUT2D eigenvalue weighted by atomic mass is 9.80. The minimum atomic E-state index is -0.0562. The van der Waals surface area contributed by atoms with Crippen LogP contribution in [0.4, 0.5) is 0 Å². The molecule has 0 aromatic carbocycles. The second-order valence-electron chi connectivity index (χ2n) is 5.86. The minimum absolute atomic E-state index is 0.0562. The van der Waals surface area contributed by atoms with Crippen molar-refractivity contribution in [2.45, 2.75) is 58.0 Å². The summed E-state index contributed by atoms with van der Waals surface area (Å²) in [7, 11) is 0. The summed E-state index contributed by atoms with van der Waals surface area (Å²) < 4.78 is 0. The minimum Gasteiger partial charge on any atom is -0.392 e. The summed E-state index contributed by atoms with van der Waals surface area (Å²) in [6, 6.07) is 0. The van der Waals surface area contributed by atoms with Gasteiger partial charge in [-0.05, 0) is 44.1 Å². The van der Waals surface area contributed by atoms with Gasteiger partial charge >= 0.3 is 0 Å². The lowest BCUT2D eigenvalue weighted by Gasteiger charge is -2.36. The molecule has 16 heavy (non-hydrogen) atoms. The van der Waals surface area contributed by atoms with E-state index in [2.05, 4.69) is 11.8 Å². The molecule has 2 rings (SSSR count). The van der Waals surface area contributed by atoms with Gasteiger partial charge < -0.3 is 10.0 Å². The van der Waals surface area contributed by atoms with E-state index in [1.165, 1.54) is 51.6 Å². The SMILES string of the molecule is CCC1CCCC(CN2CCCC(O)C2)C1. The Morgan fingerprint density at radius 2 is 1.94 bits per heavy atom. The third-order valence-electron chi connectivity index (χ3n) is 4.47. The van der Waals surface area contributed by atoms with E-state index >= 15 is 0 Å². The fraction of sp³-hybridized carbons (Fsp3) is 1.00. The smallest absolute Gasteiger partial charge is 0.0667 e. The molecular formula is C14H27NO. The maximum absolute atomic E-state index is 9.67. The Hall–Kier alpha value is -0.0800. The van der Waals surface area contributed by atoms with Gasteiger partial charge in [0.25, 0.3) is 0 Å². The van der Waals surface area contributed by atoms with Crippen LogP contribution < -0.4 is 0 Å². The molecule has 1 heterocycles. The van der Waals surface area contributed by atoms with Gasteiger partial charge in [0.2, 0.25) is 0 Å². The molecule has 1 aliphatic carbocycles. The molecule has 1 aliphatic heterocycles. The summed E-state index contributed by atoms with van der Waals surface area (Å²) in [5.41, 5.74) is 0. The highest BCUT2D eigenvalue weighted by Gasteiger charge is 2.25. The molecular weight excluding hydrogens is 198 g/mol. The van der Waals surface area contributed by atoms with Crippen LogP contribution in [0.1, 0.15) is 51.9 Å². The van der Waals surface area contributed by atoms with E-state index in [1.54, 1.807) is 0 Å². The fourth-order valence-electron chi connectivity index (χ4n) is 3.50. The number of likely N-dealkylation sites (tertiary alicyclic amines) is 1. The highest BCUT2D eigenvalue weighted by atomic mass is 16.3. The van der Waals surface area contributed by atoms with Crippen LogP contribution in [0.3, 0.4) is 0 Å². The fourth-order valence-corrected chi connectivity index (χ4v) is 3.50. The van der Waals surface area contributed by atoms with Crippen molar-refractivity contribution in [2.75, 3.05) is 19.6 Å². The monoisotopic (exact) mass is 225 g/mol. The summed E-state index contributed by atoms with van der Waals surface area (Å²) in [4.78, 5) is 2.50. The molecule has 0 aromatic heterocycles. The molecule has 0 amide bonds. The summed E-state index contributed by atoms with van der Waals surface area (Å²) in [6.07, 6.45) is 9.24. The largest absolute Gasteiger partial charge is 0.392 e. The van der Waals surface area contributed by atoms with Gasteiger partial charge in [0.15, 0.2) is 0 Å². The third-order valence-corrected chi connectivity index (χ3v) is 4.47. The van der Waals surface area contributed by atoms with Gasteiger partial charge in [0.1, 0.15) is 0 Å². The maximum atomic E-state index is 9.67. The normalized spacial score (nSPS) is 37.5. The number of nitrogens with zero attached hydrogens (tertiary/aromatic N) is 1. The number of aliphatic hydroxyl groups excluding tert-OH is 1. The number of piperidine rings is 1. The second-order valence-corrected chi connectivity index (χ2v) is 5.86. The Labute approximate surface area is 100 Å². The van der Waals surface area contributed by atoms with E-state index in [4.69, 9.17) is 0 Å². The molecule has 2 aliphatic rings. The van der Waals surface area contributed by atoms with Crippen LogP contribution in [0.25, 0.3) is 0 Å². The van der Waals surface area contributed by atoms with Crippen LogP contribution in [0.2, 0.25) is 0 Å². The van der Waals surface area contributed by atoms with E-state index in [-0.39, 0.29) is 6.10 Å². The number of hydrogen-bond acceptors (Lipinski definition) is 2. The Morgan fingerprint density at radius 3 is 2.69 bits per heavy atom. The molecule has 3 atom stereocenters. The number of rotatable bonds is 3. The molecule has 1 saturated heterocycles. The summed E-state index contributed by atoms with van der Waals surface area (Å²) in [5, 5.41) is 9.67. The molecule has 0 bridgehead atoms. The standard InChI is InChI=1S/C14H27NO/c1-2-12-5-3-6-13(9-12)10-15-8-4-7-14(16)11-15/h12-14,16H,2-11H2,1H3. The first kappa shape index (κ1) is 12.4. The van der Waals surface area contributed by atoms with Crippen LogP contribution in [0, 0.1) is 11.8 Å². The van der Waals surface area contributed by atoms with Gasteiger partial charge in [-0.15, -0.1) is 0 Å². The van der Waals surface area contributed by atoms with Gasteiger partial charge in [0, 0.05) is 13.1 Å². The lowest BCUT2D eigenvalue weighted by Crippen LogP contribution is -2.41. The predicted octanol–water partition coefficient (Wildman–Crippen LogP) is 2.66. The lowest BCUT2D eigenvalue weighted by molar-refractivity contribution is 0.0549. The van der Waals surface area contributed by atoms with Crippen molar-refractivity contribution in [1.82, 2.24) is 4.90 Å². The van der Waals surface area contributed by atoms with Crippen molar-refractivity contribution in [3.63, 3.8) is 0 Å². The number of hydrogen-bond donors (Lipinski definition) is 1. The van der Waals surface area contributed by atoms with Crippen LogP contribution in [0.5, 0.6) is 0 Å². The van der Waals surface area contributed by atoms with E-state index in [0.717, 1.165) is 24.8 Å². The van der Waals surface area contributed by atoms with Gasteiger partial charge in [-0.1, -0.05) is 26.2 Å². The molecule has 1 N–H and O–H groups in total. The first-order valence-electron chi connectivity index (χ1n) is 7.18. The van der Waals surface area contributed by atoms with Crippen LogP contribution in [-0.2, 0) is 0 Å². The summed E-state index contributed by atoms with van der Waals surface area (Å²) in [6.45, 7) is 5.71. The Kier molecular flexibility index (Phi) is 4.66. The van der Waals surface area contributed by atoms with Crippen molar-refractivity contribution >= 4 is 0 Å². The molecule has 2 fully saturated rings. The van der Waals surface area contributed by atoms with Crippen molar-refractivity contribution in [1.29, 1.82) is 0 Å². The first-order valence-corrected chi connectivity index (χ1v) is 7.18. The average Bonchev–Trinajstić information content (AvgIpc) is 2.29. The summed E-state index contributed by atoms with van der Waals surface area (Å²) in [5.74, 6) is 1.89. The number of aliphatic hydroxyl groups is 1. The quantitative estimate of drug-likeness (QED) is 0.798. The second kappa shape index (κ2) is 6.02. The molecule has 0 radical (unpaired) electrons. The maximum Gasteiger partial charge on any atom is 0.0667 e. The van der Waals surface area contributed by atoms with Crippen LogP contribution >= 0.6 is 0 Å². The molecule has 2 heteroatoms. The Morgan fingerprint density at radius 1 is 1.12 bits per heavy atom. The molecule has 94 valence electrons. The van der Waals surface area contributed by atoms with Gasteiger partial charge in [-0.2, -0.15) is 0 Å². The Bertz CT molecular complexity index is 207. The zero-order valence-electron chi connectivity index (χ0n) is 10.7. The van der Waals surface area contributed by atoms with Gasteiger partial charge in [0.05, 0.1) is 6.10 Å². The van der Waals surface area contributed by atoms with Crippen LogP contribution in [-0.4, -0.2) is 35.7 Å². The Balaban J connectivity index is 1.75. The van der Waals surface area contributed by atoms with E-state index in [1.807, 2.05) is 0 Å². The van der Waals surface area contributed by atoms with E-state index in [0.29, 0.717) is 0 Å². The zero-order chi connectivity index (χ0) is 11.4. The van der Waals surface area contributed by atoms with Crippen molar-refractivity contribution in [2.24, 2.45) is 11.8 Å². The van der Waals surface area contributed by atoms with Crippen LogP contribution in [0.15, 0.2) is 0 Å². The highest BCUT2D eigenvalue weighted by Crippen LogP contribution is 2.31. The molecule has 1 saturated carbocycles. The summed E-state index contributed by atoms with van der Waals surface area (Å²) >= 11 is 0. The van der Waals surface area contributed by atoms with E-state index < -0.39 is 0 Å². The molecule has 0 aromatic rings. The highest BCUT2D eigenvalue weighted by molar-refractivity contribution is 4.78. The third kappa shape index (κ3) is 3.46. The topological polar surface area (TPSA) is 23.5 Å². The zero-order valence-corrected chi connectivity index (χ0v) is 10.7. The average molecular weight is 225 g/mol. The molecule has 2 nitrogen and oxygen atoms in total. The predicted molar refractivity (Wildman–Crippen MR) is 67.4 cm³/mol. The molecule has 0 spiro atoms. The number of β-amino-alcohol motifs (C(OH)–C–C–N with tert-alkyl or cyclic N) is 1. The van der Waals surface area contributed by atoms with E-state index in [9.17, 15) is 5.11 Å². The van der Waals surface area contributed by atoms with Crippen molar-refractivity contribution < 1.29 is 5.11 Å². The van der Waals surface area contributed by atoms with Gasteiger partial charge in [-0.25, -0.2) is 0 Å². The van der Waals surface area contributed by atoms with Crippen molar-refractivity contribution in [3.8, 4) is 0 Å². The van der Waals surface area contributed by atoms with Crippen molar-refractivity contribution in [3.05, 3.63) is 0 Å². The van der Waals surface area contributed by atoms with Gasteiger partial charge in [-0.3, -0.25) is 0 Å². The first-order chi connectivity index (χ1) is 7.78. The molecule has 3 unspecified atom stereocenters.